The van der Waals surface area contributed by atoms with Crippen LogP contribution in [0.1, 0.15) is 25.3 Å². The van der Waals surface area contributed by atoms with E-state index < -0.39 is 5.60 Å². The van der Waals surface area contributed by atoms with Gasteiger partial charge in [-0.25, -0.2) is 4.98 Å². The fourth-order valence-corrected chi connectivity index (χ4v) is 2.24. The normalized spacial score (nSPS) is 28.8. The van der Waals surface area contributed by atoms with Gasteiger partial charge in [0.15, 0.2) is 0 Å². The molecule has 0 bridgehead atoms. The Morgan fingerprint density at radius 3 is 3.00 bits per heavy atom. The topological polar surface area (TPSA) is 68.4 Å². The number of anilines is 1. The van der Waals surface area contributed by atoms with Crippen molar-refractivity contribution in [2.75, 3.05) is 12.3 Å². The Morgan fingerprint density at radius 1 is 1.62 bits per heavy atom. The van der Waals surface area contributed by atoms with Crippen molar-refractivity contribution in [1.29, 1.82) is 0 Å². The highest BCUT2D eigenvalue weighted by atomic mass is 16.5. The molecule has 0 spiro atoms. The van der Waals surface area contributed by atoms with Gasteiger partial charge in [0.1, 0.15) is 5.82 Å². The Labute approximate surface area is 95.4 Å². The fraction of sp³-hybridized carbons (Fsp3) is 0.583. The molecule has 1 fully saturated rings. The van der Waals surface area contributed by atoms with E-state index in [-0.39, 0.29) is 6.10 Å². The molecule has 88 valence electrons. The summed E-state index contributed by atoms with van der Waals surface area (Å²) in [6, 6.07) is 3.75. The number of nitrogen functional groups attached to an aromatic ring is 1. The second-order valence-corrected chi connectivity index (χ2v) is 4.43. The summed E-state index contributed by atoms with van der Waals surface area (Å²) in [6.45, 7) is 2.67. The highest BCUT2D eigenvalue weighted by molar-refractivity contribution is 5.39. The molecule has 4 nitrogen and oxygen atoms in total. The Bertz CT molecular complexity index is 362. The predicted octanol–water partition coefficient (Wildman–Crippen LogP) is 1.14. The molecule has 0 aliphatic heterocycles. The number of pyridine rings is 1. The molecular formula is C12H18N2O2. The molecule has 0 radical (unpaired) electrons. The Morgan fingerprint density at radius 2 is 2.38 bits per heavy atom. The Kier molecular flexibility index (Phi) is 3.12. The molecular weight excluding hydrogens is 204 g/mol. The zero-order valence-corrected chi connectivity index (χ0v) is 9.52. The SMILES string of the molecule is CCOC1CC(O)(Cc2cccnc2N)C1. The lowest BCUT2D eigenvalue weighted by Crippen LogP contribution is -2.50. The summed E-state index contributed by atoms with van der Waals surface area (Å²) in [5.41, 5.74) is 6.01. The van der Waals surface area contributed by atoms with E-state index in [1.807, 2.05) is 19.1 Å². The molecule has 0 unspecified atom stereocenters. The van der Waals surface area contributed by atoms with Crippen molar-refractivity contribution in [3.05, 3.63) is 23.9 Å². The Hall–Kier alpha value is -1.13. The third kappa shape index (κ3) is 2.33. The van der Waals surface area contributed by atoms with Gasteiger partial charge in [-0.3, -0.25) is 0 Å². The van der Waals surface area contributed by atoms with Gasteiger partial charge in [-0.05, 0) is 18.6 Å². The van der Waals surface area contributed by atoms with Crippen molar-refractivity contribution >= 4 is 5.82 Å². The second kappa shape index (κ2) is 4.39. The maximum absolute atomic E-state index is 10.2. The van der Waals surface area contributed by atoms with Crippen molar-refractivity contribution in [3.8, 4) is 0 Å². The van der Waals surface area contributed by atoms with Gasteiger partial charge in [0.2, 0.25) is 0 Å². The molecule has 4 heteroatoms. The molecule has 1 aromatic rings. The van der Waals surface area contributed by atoms with Crippen molar-refractivity contribution in [2.24, 2.45) is 0 Å². The first-order valence-corrected chi connectivity index (χ1v) is 5.66. The van der Waals surface area contributed by atoms with Crippen molar-refractivity contribution in [2.45, 2.75) is 37.9 Å². The smallest absolute Gasteiger partial charge is 0.126 e. The monoisotopic (exact) mass is 222 g/mol. The predicted molar refractivity (Wildman–Crippen MR) is 62.0 cm³/mol. The fourth-order valence-electron chi connectivity index (χ4n) is 2.24. The molecule has 16 heavy (non-hydrogen) atoms. The second-order valence-electron chi connectivity index (χ2n) is 4.43. The van der Waals surface area contributed by atoms with Crippen LogP contribution in [-0.4, -0.2) is 28.4 Å². The number of ether oxygens (including phenoxy) is 1. The molecule has 2 rings (SSSR count). The molecule has 1 aliphatic rings. The van der Waals surface area contributed by atoms with Crippen LogP contribution >= 0.6 is 0 Å². The zero-order valence-electron chi connectivity index (χ0n) is 9.52. The van der Waals surface area contributed by atoms with Crippen molar-refractivity contribution in [1.82, 2.24) is 4.98 Å². The first-order chi connectivity index (χ1) is 7.63. The van der Waals surface area contributed by atoms with Crippen LogP contribution in [0.5, 0.6) is 0 Å². The molecule has 1 saturated carbocycles. The summed E-state index contributed by atoms with van der Waals surface area (Å²) < 4.78 is 5.43. The summed E-state index contributed by atoms with van der Waals surface area (Å²) in [7, 11) is 0. The zero-order chi connectivity index (χ0) is 11.6. The number of nitrogens with two attached hydrogens (primary N) is 1. The number of aliphatic hydroxyl groups is 1. The third-order valence-electron chi connectivity index (χ3n) is 3.06. The highest BCUT2D eigenvalue weighted by Gasteiger charge is 2.43. The first-order valence-electron chi connectivity index (χ1n) is 5.66. The van der Waals surface area contributed by atoms with Crippen LogP contribution in [0.4, 0.5) is 5.82 Å². The summed E-state index contributed by atoms with van der Waals surface area (Å²) in [5.74, 6) is 0.510. The van der Waals surface area contributed by atoms with Crippen molar-refractivity contribution in [3.63, 3.8) is 0 Å². The standard InChI is InChI=1S/C12H18N2O2/c1-2-16-10-7-12(15,8-10)6-9-4-3-5-14-11(9)13/h3-5,10,15H,2,6-8H2,1H3,(H2,13,14). The third-order valence-corrected chi connectivity index (χ3v) is 3.06. The van der Waals surface area contributed by atoms with E-state index in [2.05, 4.69) is 4.98 Å². The first kappa shape index (κ1) is 11.4. The van der Waals surface area contributed by atoms with Gasteiger partial charge in [-0.15, -0.1) is 0 Å². The van der Waals surface area contributed by atoms with Gasteiger partial charge in [0, 0.05) is 32.1 Å². The van der Waals surface area contributed by atoms with E-state index in [4.69, 9.17) is 10.5 Å². The van der Waals surface area contributed by atoms with E-state index >= 15 is 0 Å². The maximum atomic E-state index is 10.2. The van der Waals surface area contributed by atoms with Crippen LogP contribution < -0.4 is 5.73 Å². The van der Waals surface area contributed by atoms with Crippen LogP contribution in [0, 0.1) is 0 Å². The van der Waals surface area contributed by atoms with Crippen molar-refractivity contribution < 1.29 is 9.84 Å². The molecule has 0 aromatic carbocycles. The van der Waals surface area contributed by atoms with E-state index in [1.165, 1.54) is 0 Å². The summed E-state index contributed by atoms with van der Waals surface area (Å²) in [4.78, 5) is 4.01. The average Bonchev–Trinajstić information content (AvgIpc) is 2.20. The van der Waals surface area contributed by atoms with Crippen LogP contribution in [0.3, 0.4) is 0 Å². The van der Waals surface area contributed by atoms with Crippen LogP contribution in [-0.2, 0) is 11.2 Å². The molecule has 3 N–H and O–H groups in total. The minimum atomic E-state index is -0.656. The minimum absolute atomic E-state index is 0.202. The number of hydrogen-bond donors (Lipinski definition) is 2. The number of nitrogens with zero attached hydrogens (tertiary/aromatic N) is 1. The lowest BCUT2D eigenvalue weighted by molar-refractivity contribution is -0.136. The van der Waals surface area contributed by atoms with Gasteiger partial charge >= 0.3 is 0 Å². The molecule has 0 saturated heterocycles. The summed E-state index contributed by atoms with van der Waals surface area (Å²) >= 11 is 0. The number of aromatic nitrogens is 1. The number of hydrogen-bond acceptors (Lipinski definition) is 4. The summed E-state index contributed by atoms with van der Waals surface area (Å²) in [6.07, 6.45) is 3.81. The molecule has 1 aromatic heterocycles. The lowest BCUT2D eigenvalue weighted by atomic mass is 9.73. The van der Waals surface area contributed by atoms with Gasteiger partial charge in [0.25, 0.3) is 0 Å². The molecule has 0 atom stereocenters. The maximum Gasteiger partial charge on any atom is 0.126 e. The van der Waals surface area contributed by atoms with E-state index in [1.54, 1.807) is 6.20 Å². The van der Waals surface area contributed by atoms with E-state index in [9.17, 15) is 5.11 Å². The van der Waals surface area contributed by atoms with Gasteiger partial charge in [-0.1, -0.05) is 6.07 Å². The van der Waals surface area contributed by atoms with Gasteiger partial charge < -0.3 is 15.6 Å². The molecule has 1 aliphatic carbocycles. The minimum Gasteiger partial charge on any atom is -0.389 e. The van der Waals surface area contributed by atoms with Gasteiger partial charge in [0.05, 0.1) is 11.7 Å². The number of rotatable bonds is 4. The average molecular weight is 222 g/mol. The Balaban J connectivity index is 1.94. The van der Waals surface area contributed by atoms with Crippen LogP contribution in [0.25, 0.3) is 0 Å². The largest absolute Gasteiger partial charge is 0.389 e. The molecule has 1 heterocycles. The van der Waals surface area contributed by atoms with Crippen LogP contribution in [0.2, 0.25) is 0 Å². The van der Waals surface area contributed by atoms with Gasteiger partial charge in [-0.2, -0.15) is 0 Å². The van der Waals surface area contributed by atoms with Crippen LogP contribution in [0.15, 0.2) is 18.3 Å². The van der Waals surface area contributed by atoms with E-state index in [0.717, 1.165) is 5.56 Å². The van der Waals surface area contributed by atoms with E-state index in [0.29, 0.717) is 31.7 Å². The summed E-state index contributed by atoms with van der Waals surface area (Å²) in [5, 5.41) is 10.2. The highest BCUT2D eigenvalue weighted by Crippen LogP contribution is 2.37. The lowest BCUT2D eigenvalue weighted by Gasteiger charge is -2.43. The molecule has 0 amide bonds. The quantitative estimate of drug-likeness (QED) is 0.801.